The summed E-state index contributed by atoms with van der Waals surface area (Å²) in [6.07, 6.45) is 1.56. The van der Waals surface area contributed by atoms with Gasteiger partial charge in [0.2, 0.25) is 6.33 Å². The maximum Gasteiger partial charge on any atom is 0.410 e. The Balaban J connectivity index is 1.57. The summed E-state index contributed by atoms with van der Waals surface area (Å²) in [5.74, 6) is -0.305. The first-order valence-corrected chi connectivity index (χ1v) is 19.1. The van der Waals surface area contributed by atoms with Crippen LogP contribution in [0.15, 0.2) is 29.0 Å². The van der Waals surface area contributed by atoms with Crippen LogP contribution in [-0.4, -0.2) is 159 Å². The molecule has 0 saturated carbocycles. The molecule has 56 heavy (non-hydrogen) atoms. The Kier molecular flexibility index (Phi) is 14.1. The van der Waals surface area contributed by atoms with Gasteiger partial charge in [-0.3, -0.25) is 4.90 Å². The lowest BCUT2D eigenvalue weighted by molar-refractivity contribution is -0.392. The van der Waals surface area contributed by atoms with Gasteiger partial charge in [-0.2, -0.15) is 0 Å². The number of β-amino-alcohol motifs (C(OH)–C–C–N with tert-alkyl or cyclic N) is 1. The first-order chi connectivity index (χ1) is 26.0. The van der Waals surface area contributed by atoms with Crippen LogP contribution in [0.3, 0.4) is 0 Å². The molecule has 0 radical (unpaired) electrons. The number of hydrogen-bond donors (Lipinski definition) is 1. The van der Waals surface area contributed by atoms with Gasteiger partial charge in [-0.25, -0.2) is 29.3 Å². The van der Waals surface area contributed by atoms with Crippen LogP contribution in [0.2, 0.25) is 0 Å². The molecule has 1 aliphatic heterocycles. The van der Waals surface area contributed by atoms with Gasteiger partial charge in [0.05, 0.1) is 19.0 Å². The molecule has 3 aromatic heterocycles. The van der Waals surface area contributed by atoms with Crippen molar-refractivity contribution in [2.75, 3.05) is 58.9 Å². The zero-order valence-corrected chi connectivity index (χ0v) is 34.7. The van der Waals surface area contributed by atoms with Crippen molar-refractivity contribution in [3.63, 3.8) is 0 Å². The van der Waals surface area contributed by atoms with Crippen LogP contribution in [-0.2, 0) is 27.8 Å². The number of nitrogens with zero attached hydrogens (tertiary/aromatic N) is 11. The highest BCUT2D eigenvalue weighted by Gasteiger charge is 2.30. The number of aromatic nitrogens is 6. The van der Waals surface area contributed by atoms with Crippen molar-refractivity contribution in [2.45, 2.75) is 102 Å². The molecular weight excluding hydrogens is 751 g/mol. The van der Waals surface area contributed by atoms with Crippen molar-refractivity contribution in [1.82, 2.24) is 48.7 Å². The van der Waals surface area contributed by atoms with Gasteiger partial charge in [0.25, 0.3) is 0 Å². The van der Waals surface area contributed by atoms with E-state index >= 15 is 0 Å². The topological polar surface area (TPSA) is 217 Å². The number of aryl methyl sites for hydroxylation is 1. The summed E-state index contributed by atoms with van der Waals surface area (Å²) in [6.45, 7) is 17.6. The number of carbonyl (C=O) groups is 3. The number of imidazole rings is 2. The first kappa shape index (κ1) is 44.0. The fraction of sp³-hybridized carbons (Fsp3) is 0.686. The molecule has 1 unspecified atom stereocenters. The number of fused-ring (bicyclic) bond motifs is 1. The molecule has 1 N–H and O–H groups in total. The number of hydrogen-bond acceptors (Lipinski definition) is 15. The van der Waals surface area contributed by atoms with Crippen LogP contribution < -0.4 is 0 Å². The predicted octanol–water partition coefficient (Wildman–Crippen LogP) is 4.01. The van der Waals surface area contributed by atoms with Crippen LogP contribution in [0.5, 0.6) is 0 Å². The van der Waals surface area contributed by atoms with Crippen molar-refractivity contribution in [3.8, 4) is 0 Å². The molecule has 1 atom stereocenters. The van der Waals surface area contributed by atoms with Gasteiger partial charge in [-0.1, -0.05) is 0 Å². The number of rotatable bonds is 7. The lowest BCUT2D eigenvalue weighted by Crippen LogP contribution is -2.52. The number of aliphatic hydroxyl groups is 1. The summed E-state index contributed by atoms with van der Waals surface area (Å²) in [7, 11) is 1.64. The monoisotopic (exact) mass is 805 g/mol. The van der Waals surface area contributed by atoms with Crippen molar-refractivity contribution < 1.29 is 38.6 Å². The van der Waals surface area contributed by atoms with E-state index in [9.17, 15) is 29.6 Å². The van der Waals surface area contributed by atoms with Crippen molar-refractivity contribution in [2.24, 2.45) is 7.05 Å². The summed E-state index contributed by atoms with van der Waals surface area (Å²) in [5, 5.41) is 23.7. The molecule has 4 heterocycles. The number of amides is 3. The second-order valence-corrected chi connectivity index (χ2v) is 17.4. The van der Waals surface area contributed by atoms with E-state index in [1.807, 2.05) is 4.90 Å². The molecule has 21 heteroatoms. The van der Waals surface area contributed by atoms with Gasteiger partial charge in [0.15, 0.2) is 10.7 Å². The largest absolute Gasteiger partial charge is 0.444 e. The number of carbonyl (C=O) groups excluding carboxylic acids is 3. The number of aliphatic hydroxyl groups excluding tert-OH is 1. The Hall–Kier alpha value is -4.76. The van der Waals surface area contributed by atoms with Gasteiger partial charge in [0, 0.05) is 66.0 Å². The number of nitro groups is 1. The standard InChI is InChI=1S/C35H55N11O9S/c1-33(2,3)53-30(48)42-13-11-41(12-14-43(31(49)54-34(4,5)6)16-18-44(17-15-42)32(50)55-35(7,8)9)19-24(47)20-45-23-38-25-26(45)36-21-37-28(25)56-29-27(46(51)52)39-22-40(29)10/h21-24,47H,11-20H2,1-10H3. The highest BCUT2D eigenvalue weighted by Crippen LogP contribution is 2.35. The second-order valence-electron chi connectivity index (χ2n) is 16.4. The summed E-state index contributed by atoms with van der Waals surface area (Å²) in [5.41, 5.74) is -1.48. The minimum Gasteiger partial charge on any atom is -0.444 e. The van der Waals surface area contributed by atoms with E-state index in [2.05, 4.69) is 19.9 Å². The Morgan fingerprint density at radius 1 is 0.750 bits per heavy atom. The Labute approximate surface area is 330 Å². The fourth-order valence-corrected chi connectivity index (χ4v) is 6.49. The van der Waals surface area contributed by atoms with Gasteiger partial charge >= 0.3 is 24.1 Å². The summed E-state index contributed by atoms with van der Waals surface area (Å²) in [6, 6.07) is 0. The minimum atomic E-state index is -0.961. The Morgan fingerprint density at radius 2 is 1.21 bits per heavy atom. The van der Waals surface area contributed by atoms with Crippen molar-refractivity contribution in [1.29, 1.82) is 0 Å². The third-order valence-corrected chi connectivity index (χ3v) is 9.24. The van der Waals surface area contributed by atoms with E-state index in [1.54, 1.807) is 73.9 Å². The van der Waals surface area contributed by atoms with Gasteiger partial charge in [-0.05, 0) is 84.0 Å². The minimum absolute atomic E-state index is 0.0797. The van der Waals surface area contributed by atoms with Crippen LogP contribution >= 0.6 is 11.8 Å². The molecular formula is C35H55N11O9S. The van der Waals surface area contributed by atoms with Crippen molar-refractivity contribution in [3.05, 3.63) is 29.1 Å². The maximum absolute atomic E-state index is 13.4. The lowest BCUT2D eigenvalue weighted by Gasteiger charge is -2.36. The fourth-order valence-electron chi connectivity index (χ4n) is 5.56. The molecule has 20 nitrogen and oxygen atoms in total. The van der Waals surface area contributed by atoms with E-state index in [-0.39, 0.29) is 63.2 Å². The normalized spacial score (nSPS) is 16.2. The molecule has 1 aliphatic rings. The van der Waals surface area contributed by atoms with E-state index in [4.69, 9.17) is 14.2 Å². The van der Waals surface area contributed by atoms with Crippen LogP contribution in [0.1, 0.15) is 62.3 Å². The molecule has 3 aromatic rings. The van der Waals surface area contributed by atoms with Crippen LogP contribution in [0.25, 0.3) is 11.2 Å². The molecule has 0 spiro atoms. The van der Waals surface area contributed by atoms with E-state index in [1.165, 1.54) is 38.2 Å². The first-order valence-electron chi connectivity index (χ1n) is 18.3. The zero-order valence-electron chi connectivity index (χ0n) is 33.9. The van der Waals surface area contributed by atoms with E-state index in [0.29, 0.717) is 29.3 Å². The molecule has 3 amide bonds. The smallest absolute Gasteiger partial charge is 0.410 e. The summed E-state index contributed by atoms with van der Waals surface area (Å²) < 4.78 is 20.3. The van der Waals surface area contributed by atoms with E-state index in [0.717, 1.165) is 11.8 Å². The van der Waals surface area contributed by atoms with E-state index < -0.39 is 46.1 Å². The summed E-state index contributed by atoms with van der Waals surface area (Å²) >= 11 is 1.04. The SMILES string of the molecule is Cn1cnc([N+](=O)[O-])c1Sc1ncnc2c1ncn2CC(O)CN1CCN(C(=O)OC(C)(C)C)CCN(C(=O)OC(C)(C)C)CCN(C(=O)OC(C)(C)C)CC1. The molecule has 1 saturated heterocycles. The second kappa shape index (κ2) is 18.0. The molecule has 0 aliphatic carbocycles. The quantitative estimate of drug-likeness (QED) is 0.155. The Morgan fingerprint density at radius 3 is 1.66 bits per heavy atom. The van der Waals surface area contributed by atoms with Gasteiger partial charge in [0.1, 0.15) is 33.7 Å². The van der Waals surface area contributed by atoms with Crippen LogP contribution in [0, 0.1) is 10.1 Å². The highest BCUT2D eigenvalue weighted by molar-refractivity contribution is 7.99. The predicted molar refractivity (Wildman–Crippen MR) is 205 cm³/mol. The lowest BCUT2D eigenvalue weighted by atomic mass is 10.2. The molecule has 1 fully saturated rings. The molecule has 0 aromatic carbocycles. The van der Waals surface area contributed by atoms with Gasteiger partial charge < -0.3 is 53.3 Å². The Bertz CT molecular complexity index is 1800. The van der Waals surface area contributed by atoms with Crippen LogP contribution in [0.4, 0.5) is 20.2 Å². The van der Waals surface area contributed by atoms with Gasteiger partial charge in [-0.15, -0.1) is 0 Å². The third kappa shape index (κ3) is 12.9. The third-order valence-electron chi connectivity index (χ3n) is 8.08. The molecule has 4 rings (SSSR count). The maximum atomic E-state index is 13.4. The molecule has 0 bridgehead atoms. The summed E-state index contributed by atoms with van der Waals surface area (Å²) in [4.78, 5) is 74.7. The molecule has 310 valence electrons. The highest BCUT2D eigenvalue weighted by atomic mass is 32.2. The van der Waals surface area contributed by atoms with Crippen molar-refractivity contribution >= 4 is 47.0 Å². The number of ether oxygens (including phenoxy) is 3. The average Bonchev–Trinajstić information content (AvgIpc) is 3.63. The zero-order chi connectivity index (χ0) is 41.6. The average molecular weight is 806 g/mol.